The van der Waals surface area contributed by atoms with Crippen molar-refractivity contribution in [2.45, 2.75) is 23.3 Å². The number of nitrogens with one attached hydrogen (secondary N) is 2. The van der Waals surface area contributed by atoms with Crippen molar-refractivity contribution in [3.8, 4) is 0 Å². The van der Waals surface area contributed by atoms with E-state index in [0.717, 1.165) is 16.4 Å². The molecular weight excluding hydrogens is 453 g/mol. The molecule has 5 nitrogen and oxygen atoms in total. The predicted octanol–water partition coefficient (Wildman–Crippen LogP) is 5.97. The summed E-state index contributed by atoms with van der Waals surface area (Å²) in [6.45, 7) is 0.306. The fraction of sp³-hybridized carbons (Fsp3) is 0.250. The van der Waals surface area contributed by atoms with Gasteiger partial charge in [-0.2, -0.15) is 0 Å². The second kappa shape index (κ2) is 8.76. The standard InChI is InChI=1S/C20H18Cl3N3O2S/c1-29-13-3-5-17(16(23)9-13)26-19-11-27-20(28-19,10-18-24-6-7-25-18)14-4-2-12(21)8-15(14)22/h2-9,19,26H,10-11H2,1H3,(H,24,25). The van der Waals surface area contributed by atoms with Crippen molar-refractivity contribution < 1.29 is 9.47 Å². The Bertz CT molecular complexity index is 1000. The van der Waals surface area contributed by atoms with Crippen LogP contribution in [0.2, 0.25) is 15.1 Å². The van der Waals surface area contributed by atoms with Gasteiger partial charge in [0.25, 0.3) is 0 Å². The molecule has 0 saturated carbocycles. The fourth-order valence-corrected chi connectivity index (χ4v) is 4.53. The molecule has 0 radical (unpaired) electrons. The Morgan fingerprint density at radius 1 is 1.21 bits per heavy atom. The van der Waals surface area contributed by atoms with Gasteiger partial charge in [-0.15, -0.1) is 11.8 Å². The van der Waals surface area contributed by atoms with Crippen LogP contribution in [0.4, 0.5) is 5.69 Å². The van der Waals surface area contributed by atoms with E-state index in [1.165, 1.54) is 0 Å². The summed E-state index contributed by atoms with van der Waals surface area (Å²) < 4.78 is 12.5. The Morgan fingerprint density at radius 3 is 2.76 bits per heavy atom. The SMILES string of the molecule is CSc1ccc(NC2COC(Cc3ncc[nH]3)(c3ccc(Cl)cc3Cl)O2)c(Cl)c1. The molecular formula is C20H18Cl3N3O2S. The zero-order valence-electron chi connectivity index (χ0n) is 15.4. The van der Waals surface area contributed by atoms with E-state index in [-0.39, 0.29) is 0 Å². The van der Waals surface area contributed by atoms with Gasteiger partial charge in [0.1, 0.15) is 5.82 Å². The molecule has 3 aromatic rings. The first-order valence-corrected chi connectivity index (χ1v) is 11.2. The number of hydrogen-bond acceptors (Lipinski definition) is 5. The van der Waals surface area contributed by atoms with Gasteiger partial charge < -0.3 is 19.8 Å². The van der Waals surface area contributed by atoms with Crippen LogP contribution in [0.1, 0.15) is 11.4 Å². The monoisotopic (exact) mass is 469 g/mol. The molecule has 2 N–H and O–H groups in total. The summed E-state index contributed by atoms with van der Waals surface area (Å²) >= 11 is 20.6. The van der Waals surface area contributed by atoms with Crippen molar-refractivity contribution in [1.82, 2.24) is 9.97 Å². The molecule has 2 aromatic carbocycles. The molecule has 0 aliphatic carbocycles. The minimum absolute atomic E-state index is 0.306. The van der Waals surface area contributed by atoms with Crippen LogP contribution in [0, 0.1) is 0 Å². The van der Waals surface area contributed by atoms with E-state index in [1.807, 2.05) is 30.5 Å². The van der Waals surface area contributed by atoms with Crippen LogP contribution in [-0.4, -0.2) is 29.1 Å². The fourth-order valence-electron chi connectivity index (χ4n) is 3.24. The van der Waals surface area contributed by atoms with Gasteiger partial charge >= 0.3 is 0 Å². The number of H-pyrrole nitrogens is 1. The summed E-state index contributed by atoms with van der Waals surface area (Å²) in [6, 6.07) is 11.1. The van der Waals surface area contributed by atoms with Crippen molar-refractivity contribution in [2.24, 2.45) is 0 Å². The van der Waals surface area contributed by atoms with Gasteiger partial charge in [0, 0.05) is 27.9 Å². The zero-order valence-corrected chi connectivity index (χ0v) is 18.5. The second-order valence-electron chi connectivity index (χ2n) is 6.50. The number of hydrogen-bond donors (Lipinski definition) is 2. The average molecular weight is 471 g/mol. The highest BCUT2D eigenvalue weighted by Crippen LogP contribution is 2.41. The lowest BCUT2D eigenvalue weighted by molar-refractivity contribution is -0.174. The predicted molar refractivity (Wildman–Crippen MR) is 118 cm³/mol. The third-order valence-corrected chi connectivity index (χ3v) is 6.18. The lowest BCUT2D eigenvalue weighted by Gasteiger charge is -2.29. The number of benzene rings is 2. The Kier molecular flexibility index (Phi) is 6.30. The molecule has 4 rings (SSSR count). The van der Waals surface area contributed by atoms with Crippen LogP contribution in [-0.2, 0) is 21.7 Å². The average Bonchev–Trinajstić information content (AvgIpc) is 3.34. The van der Waals surface area contributed by atoms with Gasteiger partial charge in [0.2, 0.25) is 5.79 Å². The summed E-state index contributed by atoms with van der Waals surface area (Å²) in [5.74, 6) is -0.387. The summed E-state index contributed by atoms with van der Waals surface area (Å²) in [5.41, 5.74) is 1.46. The summed E-state index contributed by atoms with van der Waals surface area (Å²) in [4.78, 5) is 8.49. The Labute approximate surface area is 188 Å². The largest absolute Gasteiger partial charge is 0.357 e. The Morgan fingerprint density at radius 2 is 2.07 bits per heavy atom. The van der Waals surface area contributed by atoms with Crippen LogP contribution in [0.5, 0.6) is 0 Å². The van der Waals surface area contributed by atoms with Crippen molar-refractivity contribution in [1.29, 1.82) is 0 Å². The number of aromatic amines is 1. The zero-order chi connectivity index (χ0) is 20.4. The smallest absolute Gasteiger partial charge is 0.205 e. The molecule has 9 heteroatoms. The van der Waals surface area contributed by atoms with E-state index in [0.29, 0.717) is 33.7 Å². The van der Waals surface area contributed by atoms with Crippen LogP contribution in [0.15, 0.2) is 53.7 Å². The molecule has 1 aliphatic heterocycles. The number of aromatic nitrogens is 2. The number of rotatable bonds is 6. The van der Waals surface area contributed by atoms with E-state index in [9.17, 15) is 0 Å². The molecule has 0 bridgehead atoms. The van der Waals surface area contributed by atoms with Gasteiger partial charge in [-0.1, -0.05) is 40.9 Å². The van der Waals surface area contributed by atoms with Gasteiger partial charge in [-0.3, -0.25) is 0 Å². The van der Waals surface area contributed by atoms with Crippen LogP contribution in [0.25, 0.3) is 0 Å². The van der Waals surface area contributed by atoms with Crippen LogP contribution in [0.3, 0.4) is 0 Å². The summed E-state index contributed by atoms with van der Waals surface area (Å²) in [6.07, 6.45) is 5.38. The topological polar surface area (TPSA) is 59.2 Å². The Hall–Kier alpha value is -1.41. The number of nitrogens with zero attached hydrogens (tertiary/aromatic N) is 1. The van der Waals surface area contributed by atoms with E-state index in [1.54, 1.807) is 36.3 Å². The first kappa shape index (κ1) is 20.8. The van der Waals surface area contributed by atoms with Gasteiger partial charge in [-0.25, -0.2) is 4.98 Å². The lowest BCUT2D eigenvalue weighted by atomic mass is 10.0. The maximum absolute atomic E-state index is 6.49. The van der Waals surface area contributed by atoms with Crippen LogP contribution < -0.4 is 5.32 Å². The Balaban J connectivity index is 1.61. The van der Waals surface area contributed by atoms with E-state index in [4.69, 9.17) is 44.3 Å². The summed E-state index contributed by atoms with van der Waals surface area (Å²) in [5, 5.41) is 4.93. The van der Waals surface area contributed by atoms with E-state index < -0.39 is 12.0 Å². The number of halogens is 3. The number of ether oxygens (including phenoxy) is 2. The minimum atomic E-state index is -1.11. The van der Waals surface area contributed by atoms with Gasteiger partial charge in [0.15, 0.2) is 6.23 Å². The molecule has 1 aliphatic rings. The molecule has 2 atom stereocenters. The van der Waals surface area contributed by atoms with E-state index >= 15 is 0 Å². The normalized spacial score (nSPS) is 21.4. The highest BCUT2D eigenvalue weighted by molar-refractivity contribution is 7.98. The lowest BCUT2D eigenvalue weighted by Crippen LogP contribution is -2.33. The first-order chi connectivity index (χ1) is 14.0. The maximum Gasteiger partial charge on any atom is 0.205 e. The molecule has 2 unspecified atom stereocenters. The van der Waals surface area contributed by atoms with E-state index in [2.05, 4.69) is 15.3 Å². The minimum Gasteiger partial charge on any atom is -0.357 e. The van der Waals surface area contributed by atoms with Gasteiger partial charge in [-0.05, 0) is 36.6 Å². The number of anilines is 1. The molecule has 1 saturated heterocycles. The summed E-state index contributed by atoms with van der Waals surface area (Å²) in [7, 11) is 0. The third kappa shape index (κ3) is 4.53. The highest BCUT2D eigenvalue weighted by Gasteiger charge is 2.45. The number of imidazole rings is 1. The van der Waals surface area contributed by atoms with Crippen molar-refractivity contribution in [3.05, 3.63) is 75.2 Å². The molecule has 1 aromatic heterocycles. The van der Waals surface area contributed by atoms with Crippen molar-refractivity contribution >= 4 is 52.3 Å². The maximum atomic E-state index is 6.49. The quantitative estimate of drug-likeness (QED) is 0.434. The highest BCUT2D eigenvalue weighted by atomic mass is 35.5. The molecule has 1 fully saturated rings. The molecule has 29 heavy (non-hydrogen) atoms. The third-order valence-electron chi connectivity index (χ3n) is 4.59. The number of thioether (sulfide) groups is 1. The first-order valence-electron chi connectivity index (χ1n) is 8.85. The molecule has 2 heterocycles. The van der Waals surface area contributed by atoms with Gasteiger partial charge in [0.05, 0.1) is 28.8 Å². The second-order valence-corrected chi connectivity index (χ2v) is 8.63. The van der Waals surface area contributed by atoms with Crippen molar-refractivity contribution in [2.75, 3.05) is 18.2 Å². The molecule has 152 valence electrons. The van der Waals surface area contributed by atoms with Crippen molar-refractivity contribution in [3.63, 3.8) is 0 Å². The molecule has 0 spiro atoms. The van der Waals surface area contributed by atoms with Crippen LogP contribution >= 0.6 is 46.6 Å². The molecule has 0 amide bonds.